The van der Waals surface area contributed by atoms with Crippen LogP contribution in [0, 0.1) is 0 Å². The molecular weight excluding hydrogens is 339 g/mol. The van der Waals surface area contributed by atoms with E-state index in [9.17, 15) is 22.8 Å². The van der Waals surface area contributed by atoms with Gasteiger partial charge in [0, 0.05) is 5.69 Å². The van der Waals surface area contributed by atoms with Gasteiger partial charge in [0.15, 0.2) is 0 Å². The number of anilines is 1. The van der Waals surface area contributed by atoms with Crippen LogP contribution in [-0.2, 0) is 9.59 Å². The molecule has 2 amide bonds. The molecule has 0 aliphatic carbocycles. The second-order valence-electron chi connectivity index (χ2n) is 5.74. The molecule has 1 fully saturated rings. The number of benzene rings is 1. The van der Waals surface area contributed by atoms with E-state index in [-0.39, 0.29) is 12.5 Å². The van der Waals surface area contributed by atoms with E-state index in [4.69, 9.17) is 4.74 Å². The molecule has 138 valence electrons. The van der Waals surface area contributed by atoms with Crippen molar-refractivity contribution in [1.29, 1.82) is 0 Å². The van der Waals surface area contributed by atoms with Gasteiger partial charge in [-0.1, -0.05) is 0 Å². The molecule has 1 unspecified atom stereocenters. The van der Waals surface area contributed by atoms with Crippen molar-refractivity contribution >= 4 is 17.5 Å². The molecule has 1 aliphatic rings. The average Bonchev–Trinajstić information content (AvgIpc) is 3.01. The topological polar surface area (TPSA) is 70.7 Å². The number of likely N-dealkylation sites (tertiary alicyclic amines) is 1. The summed E-state index contributed by atoms with van der Waals surface area (Å²) in [6, 6.07) is 6.23. The van der Waals surface area contributed by atoms with Gasteiger partial charge in [-0.05, 0) is 43.7 Å². The van der Waals surface area contributed by atoms with Gasteiger partial charge < -0.3 is 15.4 Å². The van der Waals surface area contributed by atoms with Gasteiger partial charge in [-0.15, -0.1) is 0 Å². The summed E-state index contributed by atoms with van der Waals surface area (Å²) in [7, 11) is 1.54. The number of amides is 2. The third-order valence-electron chi connectivity index (χ3n) is 3.86. The zero-order valence-electron chi connectivity index (χ0n) is 13.7. The Kier molecular flexibility index (Phi) is 6.24. The third kappa shape index (κ3) is 5.93. The molecule has 25 heavy (non-hydrogen) atoms. The monoisotopic (exact) mass is 359 g/mol. The van der Waals surface area contributed by atoms with E-state index < -0.39 is 24.7 Å². The van der Waals surface area contributed by atoms with Crippen molar-refractivity contribution in [3.63, 3.8) is 0 Å². The van der Waals surface area contributed by atoms with Crippen LogP contribution in [0.3, 0.4) is 0 Å². The average molecular weight is 359 g/mol. The van der Waals surface area contributed by atoms with Crippen molar-refractivity contribution in [2.24, 2.45) is 0 Å². The number of rotatable bonds is 6. The first-order chi connectivity index (χ1) is 11.8. The maximum absolute atomic E-state index is 12.4. The molecule has 1 saturated heterocycles. The molecule has 0 radical (unpaired) electrons. The van der Waals surface area contributed by atoms with Crippen molar-refractivity contribution in [3.8, 4) is 5.75 Å². The fourth-order valence-corrected chi connectivity index (χ4v) is 2.65. The molecule has 1 aromatic carbocycles. The van der Waals surface area contributed by atoms with Crippen molar-refractivity contribution in [3.05, 3.63) is 24.3 Å². The van der Waals surface area contributed by atoms with Gasteiger partial charge in [-0.2, -0.15) is 13.2 Å². The van der Waals surface area contributed by atoms with Crippen LogP contribution >= 0.6 is 0 Å². The van der Waals surface area contributed by atoms with Gasteiger partial charge in [0.25, 0.3) is 0 Å². The van der Waals surface area contributed by atoms with Crippen LogP contribution in [0.15, 0.2) is 24.3 Å². The lowest BCUT2D eigenvalue weighted by molar-refractivity contribution is -0.139. The highest BCUT2D eigenvalue weighted by Crippen LogP contribution is 2.20. The maximum Gasteiger partial charge on any atom is 0.405 e. The first-order valence-electron chi connectivity index (χ1n) is 7.81. The number of nitrogens with zero attached hydrogens (tertiary/aromatic N) is 1. The van der Waals surface area contributed by atoms with E-state index in [1.54, 1.807) is 29.2 Å². The Bertz CT molecular complexity index is 605. The lowest BCUT2D eigenvalue weighted by atomic mass is 10.2. The van der Waals surface area contributed by atoms with Crippen molar-refractivity contribution in [2.45, 2.75) is 25.1 Å². The Morgan fingerprint density at radius 3 is 2.56 bits per heavy atom. The van der Waals surface area contributed by atoms with Gasteiger partial charge in [0.2, 0.25) is 11.8 Å². The van der Waals surface area contributed by atoms with E-state index >= 15 is 0 Å². The van der Waals surface area contributed by atoms with Crippen molar-refractivity contribution < 1.29 is 27.5 Å². The Balaban J connectivity index is 1.88. The number of hydrogen-bond donors (Lipinski definition) is 2. The number of hydrogen-bond acceptors (Lipinski definition) is 4. The van der Waals surface area contributed by atoms with Gasteiger partial charge >= 0.3 is 6.18 Å². The lowest BCUT2D eigenvalue weighted by Gasteiger charge is -2.23. The van der Waals surface area contributed by atoms with Crippen molar-refractivity contribution in [2.75, 3.05) is 32.1 Å². The number of methoxy groups -OCH3 is 1. The summed E-state index contributed by atoms with van der Waals surface area (Å²) in [5, 5.41) is 4.57. The van der Waals surface area contributed by atoms with Crippen LogP contribution < -0.4 is 15.4 Å². The molecule has 1 aliphatic heterocycles. The molecule has 0 spiro atoms. The molecule has 0 saturated carbocycles. The summed E-state index contributed by atoms with van der Waals surface area (Å²) in [5.74, 6) is -0.380. The van der Waals surface area contributed by atoms with Crippen LogP contribution in [0.4, 0.5) is 18.9 Å². The Hall–Kier alpha value is -2.29. The third-order valence-corrected chi connectivity index (χ3v) is 3.86. The molecule has 0 aromatic heterocycles. The molecule has 6 nitrogen and oxygen atoms in total. The van der Waals surface area contributed by atoms with Crippen LogP contribution in [0.5, 0.6) is 5.75 Å². The van der Waals surface area contributed by atoms with Crippen LogP contribution in [0.2, 0.25) is 0 Å². The Morgan fingerprint density at radius 2 is 1.96 bits per heavy atom. The molecule has 2 rings (SSSR count). The standard InChI is InChI=1S/C16H20F3N3O3/c1-25-12-6-4-11(5-7-12)21-15(24)13-3-2-8-22(13)9-14(23)20-10-16(17,18)19/h4-7,13H,2-3,8-10H2,1H3,(H,20,23)(H,21,24). The molecular formula is C16H20F3N3O3. The largest absolute Gasteiger partial charge is 0.497 e. The number of alkyl halides is 3. The van der Waals surface area contributed by atoms with E-state index in [2.05, 4.69) is 5.32 Å². The number of nitrogens with one attached hydrogen (secondary N) is 2. The maximum atomic E-state index is 12.4. The van der Waals surface area contributed by atoms with E-state index in [1.165, 1.54) is 7.11 Å². The molecule has 1 aromatic rings. The normalized spacial score (nSPS) is 18.0. The second-order valence-corrected chi connectivity index (χ2v) is 5.74. The van der Waals surface area contributed by atoms with Crippen LogP contribution in [0.25, 0.3) is 0 Å². The second kappa shape index (κ2) is 8.19. The number of ether oxygens (including phenoxy) is 1. The smallest absolute Gasteiger partial charge is 0.405 e. The van der Waals surface area contributed by atoms with Gasteiger partial charge in [0.05, 0.1) is 19.7 Å². The lowest BCUT2D eigenvalue weighted by Crippen LogP contribution is -2.46. The predicted octanol–water partition coefficient (Wildman–Crippen LogP) is 1.78. The van der Waals surface area contributed by atoms with E-state index in [0.717, 1.165) is 0 Å². The van der Waals surface area contributed by atoms with Crippen LogP contribution in [0.1, 0.15) is 12.8 Å². The molecule has 9 heteroatoms. The van der Waals surface area contributed by atoms with Crippen molar-refractivity contribution in [1.82, 2.24) is 10.2 Å². The van der Waals surface area contributed by atoms with E-state index in [1.807, 2.05) is 5.32 Å². The zero-order chi connectivity index (χ0) is 18.4. The molecule has 2 N–H and O–H groups in total. The summed E-state index contributed by atoms with van der Waals surface area (Å²) in [6.45, 7) is -1.13. The number of halogens is 3. The van der Waals surface area contributed by atoms with Crippen LogP contribution in [-0.4, -0.2) is 55.7 Å². The highest BCUT2D eigenvalue weighted by Gasteiger charge is 2.33. The SMILES string of the molecule is COc1ccc(NC(=O)C2CCCN2CC(=O)NCC(F)(F)F)cc1. The minimum Gasteiger partial charge on any atom is -0.497 e. The fraction of sp³-hybridized carbons (Fsp3) is 0.500. The van der Waals surface area contributed by atoms with Gasteiger partial charge in [-0.3, -0.25) is 14.5 Å². The highest BCUT2D eigenvalue weighted by atomic mass is 19.4. The highest BCUT2D eigenvalue weighted by molar-refractivity contribution is 5.95. The summed E-state index contributed by atoms with van der Waals surface area (Å²) in [5.41, 5.74) is 0.583. The first kappa shape index (κ1) is 19.0. The van der Waals surface area contributed by atoms with Gasteiger partial charge in [-0.25, -0.2) is 0 Å². The van der Waals surface area contributed by atoms with E-state index in [0.29, 0.717) is 30.8 Å². The minimum absolute atomic E-state index is 0.239. The van der Waals surface area contributed by atoms with Gasteiger partial charge in [0.1, 0.15) is 12.3 Å². The number of carbonyl (C=O) groups excluding carboxylic acids is 2. The Morgan fingerprint density at radius 1 is 1.28 bits per heavy atom. The quantitative estimate of drug-likeness (QED) is 0.812. The molecule has 1 atom stereocenters. The summed E-state index contributed by atoms with van der Waals surface area (Å²) >= 11 is 0. The Labute approximate surface area is 143 Å². The predicted molar refractivity (Wildman–Crippen MR) is 85.3 cm³/mol. The fourth-order valence-electron chi connectivity index (χ4n) is 2.65. The summed E-state index contributed by atoms with van der Waals surface area (Å²) in [4.78, 5) is 25.6. The minimum atomic E-state index is -4.45. The zero-order valence-corrected chi connectivity index (χ0v) is 13.7. The first-order valence-corrected chi connectivity index (χ1v) is 7.81. The summed E-state index contributed by atoms with van der Waals surface area (Å²) in [6.07, 6.45) is -3.20. The summed E-state index contributed by atoms with van der Waals surface area (Å²) < 4.78 is 41.4. The molecule has 0 bridgehead atoms. The number of carbonyl (C=O) groups is 2. The molecule has 1 heterocycles.